The third kappa shape index (κ3) is 4.28. The lowest BCUT2D eigenvalue weighted by molar-refractivity contribution is 0.0895. The average Bonchev–Trinajstić information content (AvgIpc) is 3.38. The van der Waals surface area contributed by atoms with Gasteiger partial charge in [-0.1, -0.05) is 35.5 Å². The number of likely N-dealkylation sites (tertiary alicyclic amines) is 1. The van der Waals surface area contributed by atoms with Crippen molar-refractivity contribution < 1.29 is 9.32 Å². The zero-order valence-electron chi connectivity index (χ0n) is 14.5. The molecule has 4 rings (SSSR count). The standard InChI is InChI=1S/C20H25N3O2/c24-20(18-13-19(25-22-18)16-8-9-16)21-17-7-4-11-23(14-17)12-10-15-5-2-1-3-6-15/h1-3,5-6,13,16-17H,4,7-12,14H2,(H,21,24). The minimum Gasteiger partial charge on any atom is -0.360 e. The molecule has 1 aliphatic carbocycles. The topological polar surface area (TPSA) is 58.4 Å². The highest BCUT2D eigenvalue weighted by molar-refractivity contribution is 5.92. The quantitative estimate of drug-likeness (QED) is 0.879. The highest BCUT2D eigenvalue weighted by Crippen LogP contribution is 2.40. The lowest BCUT2D eigenvalue weighted by Gasteiger charge is -2.33. The van der Waals surface area contributed by atoms with E-state index in [1.54, 1.807) is 0 Å². The van der Waals surface area contributed by atoms with E-state index in [4.69, 9.17) is 4.52 Å². The monoisotopic (exact) mass is 339 g/mol. The SMILES string of the molecule is O=C(NC1CCCN(CCc2ccccc2)C1)c1cc(C2CC2)on1. The molecule has 0 spiro atoms. The van der Waals surface area contributed by atoms with Crippen LogP contribution in [-0.4, -0.2) is 41.6 Å². The molecule has 1 amide bonds. The van der Waals surface area contributed by atoms with Gasteiger partial charge < -0.3 is 14.7 Å². The first-order valence-corrected chi connectivity index (χ1v) is 9.32. The molecule has 1 saturated carbocycles. The summed E-state index contributed by atoms with van der Waals surface area (Å²) in [4.78, 5) is 14.8. The molecule has 2 fully saturated rings. The summed E-state index contributed by atoms with van der Waals surface area (Å²) in [7, 11) is 0. The normalized spacial score (nSPS) is 21.2. The molecule has 2 heterocycles. The van der Waals surface area contributed by atoms with Gasteiger partial charge in [0.15, 0.2) is 5.69 Å². The molecule has 1 saturated heterocycles. The van der Waals surface area contributed by atoms with Crippen LogP contribution in [0.1, 0.15) is 53.4 Å². The van der Waals surface area contributed by atoms with Crippen molar-refractivity contribution in [2.45, 2.75) is 44.1 Å². The van der Waals surface area contributed by atoms with Crippen molar-refractivity contribution in [2.24, 2.45) is 0 Å². The number of carbonyl (C=O) groups excluding carboxylic acids is 1. The fraction of sp³-hybridized carbons (Fsp3) is 0.500. The van der Waals surface area contributed by atoms with E-state index in [2.05, 4.69) is 45.7 Å². The second-order valence-electron chi connectivity index (χ2n) is 7.24. The maximum atomic E-state index is 12.4. The molecule has 1 aromatic heterocycles. The number of piperidine rings is 1. The minimum absolute atomic E-state index is 0.106. The number of rotatable bonds is 6. The second-order valence-corrected chi connectivity index (χ2v) is 7.24. The Bertz CT molecular complexity index is 709. The van der Waals surface area contributed by atoms with E-state index in [-0.39, 0.29) is 11.9 Å². The number of amides is 1. The van der Waals surface area contributed by atoms with Crippen LogP contribution in [0.25, 0.3) is 0 Å². The van der Waals surface area contributed by atoms with Crippen LogP contribution < -0.4 is 5.32 Å². The Kier molecular flexibility index (Phi) is 4.83. The van der Waals surface area contributed by atoms with E-state index in [1.165, 1.54) is 5.56 Å². The van der Waals surface area contributed by atoms with Gasteiger partial charge in [-0.25, -0.2) is 0 Å². The van der Waals surface area contributed by atoms with Crippen LogP contribution in [0.3, 0.4) is 0 Å². The first-order valence-electron chi connectivity index (χ1n) is 9.32. The molecular weight excluding hydrogens is 314 g/mol. The maximum absolute atomic E-state index is 12.4. The Labute approximate surface area is 148 Å². The van der Waals surface area contributed by atoms with Crippen molar-refractivity contribution >= 4 is 5.91 Å². The molecule has 2 aliphatic rings. The first kappa shape index (κ1) is 16.3. The van der Waals surface area contributed by atoms with Gasteiger partial charge in [-0.3, -0.25) is 4.79 Å². The Morgan fingerprint density at radius 2 is 2.08 bits per heavy atom. The largest absolute Gasteiger partial charge is 0.360 e. The molecule has 5 heteroatoms. The number of carbonyl (C=O) groups is 1. The van der Waals surface area contributed by atoms with E-state index >= 15 is 0 Å². The van der Waals surface area contributed by atoms with Crippen molar-refractivity contribution in [3.63, 3.8) is 0 Å². The summed E-state index contributed by atoms with van der Waals surface area (Å²) in [5.41, 5.74) is 1.78. The number of aromatic nitrogens is 1. The van der Waals surface area contributed by atoms with Gasteiger partial charge in [0, 0.05) is 31.1 Å². The second kappa shape index (κ2) is 7.40. The van der Waals surface area contributed by atoms with Crippen LogP contribution in [0.5, 0.6) is 0 Å². The van der Waals surface area contributed by atoms with Crippen molar-refractivity contribution in [3.05, 3.63) is 53.4 Å². The maximum Gasteiger partial charge on any atom is 0.273 e. The van der Waals surface area contributed by atoms with Crippen molar-refractivity contribution in [1.29, 1.82) is 0 Å². The van der Waals surface area contributed by atoms with E-state index in [0.29, 0.717) is 11.6 Å². The van der Waals surface area contributed by atoms with Gasteiger partial charge in [0.25, 0.3) is 5.91 Å². The first-order chi connectivity index (χ1) is 12.3. The molecule has 0 bridgehead atoms. The van der Waals surface area contributed by atoms with Crippen LogP contribution >= 0.6 is 0 Å². The molecule has 0 radical (unpaired) electrons. The molecule has 1 unspecified atom stereocenters. The Balaban J connectivity index is 1.27. The van der Waals surface area contributed by atoms with E-state index < -0.39 is 0 Å². The van der Waals surface area contributed by atoms with Crippen LogP contribution in [-0.2, 0) is 6.42 Å². The van der Waals surface area contributed by atoms with Gasteiger partial charge in [-0.2, -0.15) is 0 Å². The average molecular weight is 339 g/mol. The fourth-order valence-corrected chi connectivity index (χ4v) is 3.52. The van der Waals surface area contributed by atoms with Gasteiger partial charge in [0.1, 0.15) is 5.76 Å². The number of benzene rings is 1. The third-order valence-corrected chi connectivity index (χ3v) is 5.14. The summed E-state index contributed by atoms with van der Waals surface area (Å²) in [6.07, 6.45) is 5.49. The van der Waals surface area contributed by atoms with Gasteiger partial charge in [-0.05, 0) is 44.2 Å². The molecule has 5 nitrogen and oxygen atoms in total. The highest BCUT2D eigenvalue weighted by atomic mass is 16.5. The van der Waals surface area contributed by atoms with Crippen molar-refractivity contribution in [2.75, 3.05) is 19.6 Å². The molecular formula is C20H25N3O2. The van der Waals surface area contributed by atoms with Crippen molar-refractivity contribution in [3.8, 4) is 0 Å². The highest BCUT2D eigenvalue weighted by Gasteiger charge is 2.29. The van der Waals surface area contributed by atoms with Gasteiger partial charge >= 0.3 is 0 Å². The lowest BCUT2D eigenvalue weighted by Crippen LogP contribution is -2.48. The Morgan fingerprint density at radius 3 is 2.88 bits per heavy atom. The molecule has 25 heavy (non-hydrogen) atoms. The predicted molar refractivity (Wildman–Crippen MR) is 95.6 cm³/mol. The van der Waals surface area contributed by atoms with Crippen molar-refractivity contribution in [1.82, 2.24) is 15.4 Å². The molecule has 1 aliphatic heterocycles. The van der Waals surface area contributed by atoms with Gasteiger partial charge in [0.05, 0.1) is 0 Å². The van der Waals surface area contributed by atoms with Gasteiger partial charge in [0.2, 0.25) is 0 Å². The fourth-order valence-electron chi connectivity index (χ4n) is 3.52. The molecule has 1 N–H and O–H groups in total. The number of nitrogens with one attached hydrogen (secondary N) is 1. The third-order valence-electron chi connectivity index (χ3n) is 5.14. The molecule has 2 aromatic rings. The predicted octanol–water partition coefficient (Wildman–Crippen LogP) is 2.99. The minimum atomic E-state index is -0.106. The summed E-state index contributed by atoms with van der Waals surface area (Å²) >= 11 is 0. The van der Waals surface area contributed by atoms with Crippen LogP contribution in [0.2, 0.25) is 0 Å². The lowest BCUT2D eigenvalue weighted by atomic mass is 10.0. The number of nitrogens with zero attached hydrogens (tertiary/aromatic N) is 2. The number of hydrogen-bond donors (Lipinski definition) is 1. The number of hydrogen-bond acceptors (Lipinski definition) is 4. The van der Waals surface area contributed by atoms with Gasteiger partial charge in [-0.15, -0.1) is 0 Å². The summed E-state index contributed by atoms with van der Waals surface area (Å²) in [5, 5.41) is 7.07. The molecule has 1 atom stereocenters. The zero-order chi connectivity index (χ0) is 17.1. The Morgan fingerprint density at radius 1 is 1.24 bits per heavy atom. The van der Waals surface area contributed by atoms with E-state index in [1.807, 2.05) is 6.07 Å². The van der Waals surface area contributed by atoms with Crippen LogP contribution in [0, 0.1) is 0 Å². The van der Waals surface area contributed by atoms with Crippen LogP contribution in [0.4, 0.5) is 0 Å². The zero-order valence-corrected chi connectivity index (χ0v) is 14.5. The summed E-state index contributed by atoms with van der Waals surface area (Å²) in [6.45, 7) is 3.05. The summed E-state index contributed by atoms with van der Waals surface area (Å²) < 4.78 is 5.29. The smallest absolute Gasteiger partial charge is 0.273 e. The summed E-state index contributed by atoms with van der Waals surface area (Å²) in [6, 6.07) is 12.6. The van der Waals surface area contributed by atoms with Crippen LogP contribution in [0.15, 0.2) is 40.9 Å². The van der Waals surface area contributed by atoms with E-state index in [0.717, 1.165) is 57.5 Å². The Hall–Kier alpha value is -2.14. The molecule has 132 valence electrons. The molecule has 1 aromatic carbocycles. The summed E-state index contributed by atoms with van der Waals surface area (Å²) in [5.74, 6) is 1.24. The van der Waals surface area contributed by atoms with E-state index in [9.17, 15) is 4.79 Å².